The van der Waals surface area contributed by atoms with Crippen LogP contribution in [0.3, 0.4) is 0 Å². The summed E-state index contributed by atoms with van der Waals surface area (Å²) in [6.07, 6.45) is 6.31. The molecule has 1 aromatic rings. The van der Waals surface area contributed by atoms with Gasteiger partial charge < -0.3 is 5.32 Å². The van der Waals surface area contributed by atoms with Gasteiger partial charge in [-0.05, 0) is 24.4 Å². The number of hydrogen-bond acceptors (Lipinski definition) is 3. The third-order valence-electron chi connectivity index (χ3n) is 2.03. The molecule has 0 saturated heterocycles. The van der Waals surface area contributed by atoms with Crippen molar-refractivity contribution >= 4 is 29.0 Å². The third-order valence-corrected chi connectivity index (χ3v) is 2.39. The summed E-state index contributed by atoms with van der Waals surface area (Å²) in [6.45, 7) is 0. The molecule has 0 atom stereocenters. The fourth-order valence-electron chi connectivity index (χ4n) is 1.41. The van der Waals surface area contributed by atoms with Gasteiger partial charge in [0.2, 0.25) is 5.28 Å². The second-order valence-corrected chi connectivity index (χ2v) is 3.85. The fraction of sp³-hybridized carbons (Fsp3) is 0.333. The van der Waals surface area contributed by atoms with Crippen molar-refractivity contribution < 1.29 is 0 Å². The van der Waals surface area contributed by atoms with Crippen LogP contribution in [0.25, 0.3) is 0 Å². The van der Waals surface area contributed by atoms with E-state index in [1.807, 2.05) is 0 Å². The summed E-state index contributed by atoms with van der Waals surface area (Å²) in [4.78, 5) is 7.80. The molecule has 2 rings (SSSR count). The molecule has 3 nitrogen and oxygen atoms in total. The Bertz CT molecular complexity index is 337. The Morgan fingerprint density at radius 3 is 2.57 bits per heavy atom. The fourth-order valence-corrected chi connectivity index (χ4v) is 1.82. The molecule has 0 spiro atoms. The van der Waals surface area contributed by atoms with Crippen molar-refractivity contribution in [3.63, 3.8) is 0 Å². The van der Waals surface area contributed by atoms with Gasteiger partial charge in [-0.1, -0.05) is 23.8 Å². The van der Waals surface area contributed by atoms with Gasteiger partial charge in [0.05, 0.1) is 0 Å². The third kappa shape index (κ3) is 2.36. The molecule has 0 fully saturated rings. The zero-order chi connectivity index (χ0) is 9.97. The minimum absolute atomic E-state index is 0.172. The van der Waals surface area contributed by atoms with E-state index in [1.54, 1.807) is 6.07 Å². The molecule has 0 aromatic carbocycles. The average Bonchev–Trinajstić information content (AvgIpc) is 2.54. The van der Waals surface area contributed by atoms with Crippen LogP contribution < -0.4 is 5.32 Å². The smallest absolute Gasteiger partial charge is 0.225 e. The molecule has 0 saturated carbocycles. The lowest BCUT2D eigenvalue weighted by Gasteiger charge is -2.12. The zero-order valence-corrected chi connectivity index (χ0v) is 8.89. The van der Waals surface area contributed by atoms with Crippen molar-refractivity contribution in [3.05, 3.63) is 28.7 Å². The number of hydrogen-bond donors (Lipinski definition) is 1. The van der Waals surface area contributed by atoms with Gasteiger partial charge in [0.15, 0.2) is 0 Å². The summed E-state index contributed by atoms with van der Waals surface area (Å²) in [6, 6.07) is 2.07. The first kappa shape index (κ1) is 9.74. The highest BCUT2D eigenvalue weighted by molar-refractivity contribution is 6.32. The first-order valence-corrected chi connectivity index (χ1v) is 5.11. The van der Waals surface area contributed by atoms with Crippen molar-refractivity contribution in [2.75, 3.05) is 5.32 Å². The summed E-state index contributed by atoms with van der Waals surface area (Å²) in [5.41, 5.74) is 0. The van der Waals surface area contributed by atoms with Crippen LogP contribution >= 0.6 is 23.2 Å². The molecule has 1 heterocycles. The largest absolute Gasteiger partial charge is 0.367 e. The molecule has 1 aliphatic rings. The second kappa shape index (κ2) is 4.15. The quantitative estimate of drug-likeness (QED) is 0.482. The summed E-state index contributed by atoms with van der Waals surface area (Å²) in [7, 11) is 0. The Hall–Kier alpha value is -0.800. The van der Waals surface area contributed by atoms with Crippen LogP contribution in [-0.2, 0) is 0 Å². The van der Waals surface area contributed by atoms with Crippen LogP contribution in [-0.4, -0.2) is 16.0 Å². The topological polar surface area (TPSA) is 37.8 Å². The minimum Gasteiger partial charge on any atom is -0.367 e. The molecular weight excluding hydrogens is 221 g/mol. The number of rotatable bonds is 2. The number of aromatic nitrogens is 2. The van der Waals surface area contributed by atoms with E-state index in [1.165, 1.54) is 0 Å². The summed E-state index contributed by atoms with van der Waals surface area (Å²) >= 11 is 11.4. The molecule has 0 aliphatic heterocycles. The van der Waals surface area contributed by atoms with Crippen molar-refractivity contribution in [1.29, 1.82) is 0 Å². The highest BCUT2D eigenvalue weighted by Crippen LogP contribution is 2.19. The number of nitrogens with one attached hydrogen (secondary N) is 1. The summed E-state index contributed by atoms with van der Waals surface area (Å²) in [5.74, 6) is 0.684. The number of anilines is 1. The maximum atomic E-state index is 5.74. The van der Waals surface area contributed by atoms with E-state index in [0.29, 0.717) is 17.0 Å². The van der Waals surface area contributed by atoms with Crippen LogP contribution in [0.2, 0.25) is 10.4 Å². The van der Waals surface area contributed by atoms with Crippen LogP contribution in [0, 0.1) is 0 Å². The lowest BCUT2D eigenvalue weighted by molar-refractivity contribution is 0.780. The van der Waals surface area contributed by atoms with Crippen LogP contribution in [0.4, 0.5) is 5.82 Å². The lowest BCUT2D eigenvalue weighted by atomic mass is 10.2. The van der Waals surface area contributed by atoms with E-state index >= 15 is 0 Å². The monoisotopic (exact) mass is 229 g/mol. The van der Waals surface area contributed by atoms with Gasteiger partial charge in [0.1, 0.15) is 11.0 Å². The molecule has 0 amide bonds. The Morgan fingerprint density at radius 2 is 1.93 bits per heavy atom. The average molecular weight is 230 g/mol. The van der Waals surface area contributed by atoms with Crippen LogP contribution in [0.5, 0.6) is 0 Å². The molecule has 14 heavy (non-hydrogen) atoms. The Balaban J connectivity index is 2.08. The number of halogens is 2. The van der Waals surface area contributed by atoms with Gasteiger partial charge >= 0.3 is 0 Å². The van der Waals surface area contributed by atoms with Crippen LogP contribution in [0.1, 0.15) is 12.8 Å². The summed E-state index contributed by atoms with van der Waals surface area (Å²) in [5, 5.41) is 3.77. The van der Waals surface area contributed by atoms with Gasteiger partial charge in [-0.15, -0.1) is 0 Å². The van der Waals surface area contributed by atoms with E-state index in [-0.39, 0.29) is 5.28 Å². The highest BCUT2D eigenvalue weighted by Gasteiger charge is 2.11. The first-order chi connectivity index (χ1) is 6.74. The molecule has 0 bridgehead atoms. The van der Waals surface area contributed by atoms with E-state index in [9.17, 15) is 0 Å². The second-order valence-electron chi connectivity index (χ2n) is 3.13. The van der Waals surface area contributed by atoms with Gasteiger partial charge in [0.25, 0.3) is 0 Å². The van der Waals surface area contributed by atoms with E-state index in [2.05, 4.69) is 27.4 Å². The predicted molar refractivity (Wildman–Crippen MR) is 57.8 cm³/mol. The first-order valence-electron chi connectivity index (χ1n) is 4.35. The molecule has 1 aromatic heterocycles. The van der Waals surface area contributed by atoms with Crippen LogP contribution in [0.15, 0.2) is 18.2 Å². The van der Waals surface area contributed by atoms with E-state index < -0.39 is 0 Å². The molecule has 5 heteroatoms. The maximum Gasteiger partial charge on any atom is 0.225 e. The molecule has 74 valence electrons. The SMILES string of the molecule is Clc1cc(NC2CC=CC2)nc(Cl)n1. The van der Waals surface area contributed by atoms with E-state index in [0.717, 1.165) is 12.8 Å². The Labute approximate surface area is 92.2 Å². The maximum absolute atomic E-state index is 5.74. The molecule has 1 N–H and O–H groups in total. The van der Waals surface area contributed by atoms with Crippen molar-refractivity contribution in [3.8, 4) is 0 Å². The lowest BCUT2D eigenvalue weighted by Crippen LogP contribution is -2.16. The standard InChI is InChI=1S/C9H9Cl2N3/c10-7-5-8(14-9(11)13-7)12-6-3-1-2-4-6/h1-2,5-6H,3-4H2,(H,12,13,14). The number of nitrogens with zero attached hydrogens (tertiary/aromatic N) is 2. The predicted octanol–water partition coefficient (Wildman–Crippen LogP) is 2.91. The Morgan fingerprint density at radius 1 is 1.21 bits per heavy atom. The van der Waals surface area contributed by atoms with Crippen molar-refractivity contribution in [2.24, 2.45) is 0 Å². The molecule has 1 aliphatic carbocycles. The highest BCUT2D eigenvalue weighted by atomic mass is 35.5. The van der Waals surface area contributed by atoms with Gasteiger partial charge in [-0.2, -0.15) is 0 Å². The molecule has 0 unspecified atom stereocenters. The zero-order valence-electron chi connectivity index (χ0n) is 7.37. The van der Waals surface area contributed by atoms with Gasteiger partial charge in [-0.25, -0.2) is 9.97 Å². The summed E-state index contributed by atoms with van der Waals surface area (Å²) < 4.78 is 0. The van der Waals surface area contributed by atoms with E-state index in [4.69, 9.17) is 23.2 Å². The molecular formula is C9H9Cl2N3. The van der Waals surface area contributed by atoms with Crippen molar-refractivity contribution in [1.82, 2.24) is 9.97 Å². The van der Waals surface area contributed by atoms with Gasteiger partial charge in [-0.3, -0.25) is 0 Å². The normalized spacial score (nSPS) is 16.1. The minimum atomic E-state index is 0.172. The molecule has 0 radical (unpaired) electrons. The van der Waals surface area contributed by atoms with Gasteiger partial charge in [0, 0.05) is 12.1 Å². The van der Waals surface area contributed by atoms with Crippen molar-refractivity contribution in [2.45, 2.75) is 18.9 Å². The Kier molecular flexibility index (Phi) is 2.89.